The first-order valence-corrected chi connectivity index (χ1v) is 8.52. The molecule has 7 nitrogen and oxygen atoms in total. The molecule has 132 valence electrons. The van der Waals surface area contributed by atoms with E-state index in [0.29, 0.717) is 18.7 Å². The third-order valence-electron chi connectivity index (χ3n) is 4.46. The van der Waals surface area contributed by atoms with Crippen LogP contribution in [0.1, 0.15) is 19.8 Å². The van der Waals surface area contributed by atoms with Crippen LogP contribution in [0.2, 0.25) is 0 Å². The number of aromatic nitrogens is 2. The molecule has 1 atom stereocenters. The summed E-state index contributed by atoms with van der Waals surface area (Å²) in [5.74, 6) is 0.922. The van der Waals surface area contributed by atoms with Crippen LogP contribution in [0.4, 0.5) is 11.5 Å². The summed E-state index contributed by atoms with van der Waals surface area (Å²) in [5.41, 5.74) is 2.23. The highest BCUT2D eigenvalue weighted by atomic mass is 16.2. The van der Waals surface area contributed by atoms with Crippen LogP contribution in [0.25, 0.3) is 11.1 Å². The molecule has 3 rings (SSSR count). The lowest BCUT2D eigenvalue weighted by atomic mass is 10.1. The van der Waals surface area contributed by atoms with Crippen LogP contribution in [-0.2, 0) is 4.79 Å². The number of carbonyl (C=O) groups excluding carboxylic acids is 1. The Hall–Kier alpha value is -2.83. The average Bonchev–Trinajstić information content (AvgIpc) is 3.11. The largest absolute Gasteiger partial charge is 0.376 e. The van der Waals surface area contributed by atoms with Crippen molar-refractivity contribution >= 4 is 17.4 Å². The van der Waals surface area contributed by atoms with E-state index in [4.69, 9.17) is 0 Å². The number of rotatable bonds is 5. The van der Waals surface area contributed by atoms with Crippen molar-refractivity contribution in [3.8, 4) is 11.1 Å². The van der Waals surface area contributed by atoms with Crippen LogP contribution in [0.15, 0.2) is 35.4 Å². The van der Waals surface area contributed by atoms with Crippen LogP contribution >= 0.6 is 0 Å². The van der Waals surface area contributed by atoms with E-state index in [9.17, 15) is 9.59 Å². The van der Waals surface area contributed by atoms with Crippen molar-refractivity contribution in [2.24, 2.45) is 0 Å². The van der Waals surface area contributed by atoms with E-state index >= 15 is 0 Å². The molecule has 1 fully saturated rings. The number of H-pyrrole nitrogens is 1. The number of hydrogen-bond donors (Lipinski definition) is 3. The van der Waals surface area contributed by atoms with Gasteiger partial charge in [-0.05, 0) is 30.2 Å². The average molecular weight is 341 g/mol. The molecule has 2 aromatic heterocycles. The van der Waals surface area contributed by atoms with Gasteiger partial charge < -0.3 is 20.5 Å². The molecule has 7 heteroatoms. The Morgan fingerprint density at radius 3 is 3.00 bits per heavy atom. The topological polar surface area (TPSA) is 90.1 Å². The first-order valence-electron chi connectivity index (χ1n) is 8.52. The van der Waals surface area contributed by atoms with E-state index in [0.717, 1.165) is 29.9 Å². The molecule has 1 aliphatic rings. The van der Waals surface area contributed by atoms with E-state index in [-0.39, 0.29) is 17.5 Å². The second kappa shape index (κ2) is 7.38. The minimum absolute atomic E-state index is 0.0946. The smallest absolute Gasteiger partial charge is 0.271 e. The molecule has 1 saturated heterocycles. The molecule has 0 aliphatic carbocycles. The molecule has 0 saturated carbocycles. The lowest BCUT2D eigenvalue weighted by Gasteiger charge is -2.17. The number of pyridine rings is 2. The van der Waals surface area contributed by atoms with Crippen LogP contribution in [0.3, 0.4) is 0 Å². The van der Waals surface area contributed by atoms with Gasteiger partial charge in [0.15, 0.2) is 0 Å². The van der Waals surface area contributed by atoms with E-state index in [1.165, 1.54) is 0 Å². The number of amides is 1. The van der Waals surface area contributed by atoms with Gasteiger partial charge in [-0.1, -0.05) is 6.92 Å². The number of likely N-dealkylation sites (tertiary alicyclic amines) is 1. The molecule has 1 amide bonds. The summed E-state index contributed by atoms with van der Waals surface area (Å²) in [4.78, 5) is 32.8. The minimum Gasteiger partial charge on any atom is -0.376 e. The Bertz CT molecular complexity index is 817. The van der Waals surface area contributed by atoms with Gasteiger partial charge in [-0.15, -0.1) is 0 Å². The Morgan fingerprint density at radius 1 is 1.40 bits per heavy atom. The SMILES string of the molecule is CCC(=O)N1CC[C@@H](Nc2cc(-c3ccnc(NC)c3)c[nH]c2=O)C1. The van der Waals surface area contributed by atoms with Gasteiger partial charge in [-0.2, -0.15) is 0 Å². The summed E-state index contributed by atoms with van der Waals surface area (Å²) in [5, 5.41) is 6.29. The zero-order chi connectivity index (χ0) is 17.8. The van der Waals surface area contributed by atoms with Gasteiger partial charge >= 0.3 is 0 Å². The molecule has 1 aliphatic heterocycles. The number of carbonyl (C=O) groups is 1. The maximum atomic E-state index is 12.2. The number of hydrogen-bond acceptors (Lipinski definition) is 5. The third-order valence-corrected chi connectivity index (χ3v) is 4.46. The summed E-state index contributed by atoms with van der Waals surface area (Å²) < 4.78 is 0. The summed E-state index contributed by atoms with van der Waals surface area (Å²) in [6.45, 7) is 3.23. The van der Waals surface area contributed by atoms with Crippen LogP contribution in [0, 0.1) is 0 Å². The first kappa shape index (κ1) is 17.0. The summed E-state index contributed by atoms with van der Waals surface area (Å²) in [7, 11) is 1.81. The fourth-order valence-electron chi connectivity index (χ4n) is 3.05. The zero-order valence-electron chi connectivity index (χ0n) is 14.5. The molecule has 3 heterocycles. The molecule has 0 unspecified atom stereocenters. The van der Waals surface area contributed by atoms with Gasteiger partial charge in [0.2, 0.25) is 5.91 Å². The first-order chi connectivity index (χ1) is 12.1. The molecule has 25 heavy (non-hydrogen) atoms. The summed E-state index contributed by atoms with van der Waals surface area (Å²) in [6.07, 6.45) is 4.78. The number of anilines is 2. The summed E-state index contributed by atoms with van der Waals surface area (Å²) >= 11 is 0. The van der Waals surface area contributed by atoms with Gasteiger partial charge in [-0.3, -0.25) is 9.59 Å². The zero-order valence-corrected chi connectivity index (χ0v) is 14.5. The third kappa shape index (κ3) is 3.81. The maximum Gasteiger partial charge on any atom is 0.271 e. The van der Waals surface area contributed by atoms with E-state index in [2.05, 4.69) is 20.6 Å². The molecular weight excluding hydrogens is 318 g/mol. The Kier molecular flexibility index (Phi) is 5.02. The van der Waals surface area contributed by atoms with Crippen molar-refractivity contribution in [3.05, 3.63) is 40.9 Å². The normalized spacial score (nSPS) is 16.7. The second-order valence-electron chi connectivity index (χ2n) is 6.13. The lowest BCUT2D eigenvalue weighted by molar-refractivity contribution is -0.129. The fraction of sp³-hybridized carbons (Fsp3) is 0.389. The number of aromatic amines is 1. The maximum absolute atomic E-state index is 12.2. The Labute approximate surface area is 146 Å². The summed E-state index contributed by atoms with van der Waals surface area (Å²) in [6, 6.07) is 5.76. The number of nitrogens with zero attached hydrogens (tertiary/aromatic N) is 2. The molecule has 3 N–H and O–H groups in total. The van der Waals surface area contributed by atoms with Crippen molar-refractivity contribution in [3.63, 3.8) is 0 Å². The predicted molar refractivity (Wildman–Crippen MR) is 98.7 cm³/mol. The van der Waals surface area contributed by atoms with E-state index in [1.54, 1.807) is 12.4 Å². The molecule has 0 radical (unpaired) electrons. The van der Waals surface area contributed by atoms with Gasteiger partial charge in [0.25, 0.3) is 5.56 Å². The van der Waals surface area contributed by atoms with Crippen LogP contribution in [-0.4, -0.2) is 47.0 Å². The Balaban J connectivity index is 1.78. The van der Waals surface area contributed by atoms with Gasteiger partial charge in [0, 0.05) is 50.6 Å². The van der Waals surface area contributed by atoms with Gasteiger partial charge in [-0.25, -0.2) is 4.98 Å². The highest BCUT2D eigenvalue weighted by Gasteiger charge is 2.25. The van der Waals surface area contributed by atoms with Gasteiger partial charge in [0.05, 0.1) is 0 Å². The second-order valence-corrected chi connectivity index (χ2v) is 6.13. The molecule has 0 aromatic carbocycles. The standard InChI is InChI=1S/C18H23N5O2/c1-3-17(24)23-7-5-14(11-23)22-15-8-13(10-21-18(15)25)12-4-6-20-16(9-12)19-2/h4,6,8-10,14,22H,3,5,7,11H2,1-2H3,(H,19,20)(H,21,25)/t14-/m1/s1. The van der Waals surface area contributed by atoms with Crippen molar-refractivity contribution in [2.75, 3.05) is 30.8 Å². The molecule has 0 spiro atoms. The number of nitrogens with one attached hydrogen (secondary N) is 3. The van der Waals surface area contributed by atoms with Crippen molar-refractivity contribution in [1.29, 1.82) is 0 Å². The fourth-order valence-corrected chi connectivity index (χ4v) is 3.05. The van der Waals surface area contributed by atoms with Crippen LogP contribution < -0.4 is 16.2 Å². The van der Waals surface area contributed by atoms with E-state index < -0.39 is 0 Å². The molecule has 0 bridgehead atoms. The highest BCUT2D eigenvalue weighted by molar-refractivity contribution is 5.76. The van der Waals surface area contributed by atoms with Gasteiger partial charge in [0.1, 0.15) is 11.5 Å². The quantitative estimate of drug-likeness (QED) is 0.773. The van der Waals surface area contributed by atoms with Crippen molar-refractivity contribution in [2.45, 2.75) is 25.8 Å². The van der Waals surface area contributed by atoms with Crippen molar-refractivity contribution < 1.29 is 4.79 Å². The monoisotopic (exact) mass is 341 g/mol. The lowest BCUT2D eigenvalue weighted by Crippen LogP contribution is -2.32. The minimum atomic E-state index is -0.160. The molecular formula is C18H23N5O2. The van der Waals surface area contributed by atoms with Crippen LogP contribution in [0.5, 0.6) is 0 Å². The molecule has 2 aromatic rings. The predicted octanol–water partition coefficient (Wildman–Crippen LogP) is 1.90. The Morgan fingerprint density at radius 2 is 2.24 bits per heavy atom. The van der Waals surface area contributed by atoms with E-state index in [1.807, 2.05) is 37.1 Å². The van der Waals surface area contributed by atoms with Crippen molar-refractivity contribution in [1.82, 2.24) is 14.9 Å². The highest BCUT2D eigenvalue weighted by Crippen LogP contribution is 2.22.